The number of hydrogen-bond donors (Lipinski definition) is 1. The van der Waals surface area contributed by atoms with Gasteiger partial charge in [0.05, 0.1) is 0 Å². The van der Waals surface area contributed by atoms with Crippen molar-refractivity contribution in [3.63, 3.8) is 0 Å². The topological polar surface area (TPSA) is 21.3 Å². The van der Waals surface area contributed by atoms with E-state index in [0.717, 1.165) is 24.3 Å². The van der Waals surface area contributed by atoms with Gasteiger partial charge in [-0.25, -0.2) is 0 Å². The van der Waals surface area contributed by atoms with Crippen LogP contribution in [0.3, 0.4) is 0 Å². The molecule has 1 N–H and O–H groups in total. The minimum absolute atomic E-state index is 0.385. The Morgan fingerprint density at radius 3 is 2.39 bits per heavy atom. The normalized spacial score (nSPS) is 28.6. The van der Waals surface area contributed by atoms with Gasteiger partial charge in [-0.2, -0.15) is 0 Å². The van der Waals surface area contributed by atoms with Crippen molar-refractivity contribution in [2.75, 3.05) is 6.54 Å². The fourth-order valence-corrected chi connectivity index (χ4v) is 4.93. The van der Waals surface area contributed by atoms with Gasteiger partial charge in [-0.15, -0.1) is 0 Å². The molecule has 0 aliphatic heterocycles. The minimum atomic E-state index is 0.385. The highest BCUT2D eigenvalue weighted by atomic mass is 16.5. The summed E-state index contributed by atoms with van der Waals surface area (Å²) in [4.78, 5) is 0. The second-order valence-electron chi connectivity index (χ2n) is 7.91. The Hall–Kier alpha value is -0.660. The Labute approximate surface area is 144 Å². The van der Waals surface area contributed by atoms with Gasteiger partial charge in [-0.1, -0.05) is 52.9 Å². The lowest BCUT2D eigenvalue weighted by Crippen LogP contribution is -2.40. The van der Waals surface area contributed by atoms with Crippen molar-refractivity contribution < 1.29 is 4.74 Å². The third-order valence-corrected chi connectivity index (χ3v) is 6.41. The molecule has 0 saturated heterocycles. The maximum Gasteiger partial charge on any atom is 0.179 e. The summed E-state index contributed by atoms with van der Waals surface area (Å²) >= 11 is 0. The number of rotatable bonds is 11. The predicted octanol–water partition coefficient (Wildman–Crippen LogP) is 6.03. The van der Waals surface area contributed by atoms with Crippen LogP contribution in [0.25, 0.3) is 0 Å². The lowest BCUT2D eigenvalue weighted by atomic mass is 9.66. The molecule has 134 valence electrons. The largest absolute Gasteiger partial charge is 0.476 e. The van der Waals surface area contributed by atoms with Crippen molar-refractivity contribution in [2.45, 2.75) is 97.5 Å². The van der Waals surface area contributed by atoms with E-state index in [9.17, 15) is 0 Å². The van der Waals surface area contributed by atoms with Gasteiger partial charge in [0.1, 0.15) is 6.10 Å². The first kappa shape index (κ1) is 18.7. The van der Waals surface area contributed by atoms with E-state index in [-0.39, 0.29) is 0 Å². The van der Waals surface area contributed by atoms with Crippen LogP contribution in [-0.2, 0) is 4.74 Å². The van der Waals surface area contributed by atoms with Crippen LogP contribution in [-0.4, -0.2) is 12.6 Å². The molecular formula is C21H39NO. The van der Waals surface area contributed by atoms with Gasteiger partial charge in [0.25, 0.3) is 0 Å². The molecule has 3 unspecified atom stereocenters. The molecule has 0 heterocycles. The lowest BCUT2D eigenvalue weighted by Gasteiger charge is -2.43. The lowest BCUT2D eigenvalue weighted by molar-refractivity contribution is -0.0361. The molecule has 0 aromatic carbocycles. The van der Waals surface area contributed by atoms with E-state index in [1.165, 1.54) is 70.6 Å². The third-order valence-electron chi connectivity index (χ3n) is 6.41. The van der Waals surface area contributed by atoms with Crippen molar-refractivity contribution >= 4 is 0 Å². The Kier molecular flexibility index (Phi) is 7.30. The van der Waals surface area contributed by atoms with Crippen LogP contribution in [0, 0.1) is 17.3 Å². The summed E-state index contributed by atoms with van der Waals surface area (Å²) in [5, 5.41) is 3.40. The summed E-state index contributed by atoms with van der Waals surface area (Å²) < 4.78 is 6.27. The maximum atomic E-state index is 6.27. The molecule has 0 aromatic rings. The first-order chi connectivity index (χ1) is 11.2. The van der Waals surface area contributed by atoms with Gasteiger partial charge in [0, 0.05) is 6.54 Å². The molecule has 2 rings (SSSR count). The summed E-state index contributed by atoms with van der Waals surface area (Å²) in [6, 6.07) is 0. The van der Waals surface area contributed by atoms with Gasteiger partial charge < -0.3 is 10.1 Å². The standard InChI is InChI=1S/C21H39NO/c1-5-8-9-10-11-16-22-17(4)23-20-12-13-21(14-15-21)19(7-3)18(20)6-2/h18-20,22H,4-16H2,1-3H3. The summed E-state index contributed by atoms with van der Waals surface area (Å²) in [6.45, 7) is 12.1. The molecule has 0 bridgehead atoms. The molecular weight excluding hydrogens is 282 g/mol. The average molecular weight is 322 g/mol. The zero-order chi connectivity index (χ0) is 16.7. The van der Waals surface area contributed by atoms with E-state index in [0.29, 0.717) is 11.5 Å². The van der Waals surface area contributed by atoms with Crippen LogP contribution < -0.4 is 5.32 Å². The molecule has 0 amide bonds. The van der Waals surface area contributed by atoms with Crippen LogP contribution >= 0.6 is 0 Å². The van der Waals surface area contributed by atoms with Crippen molar-refractivity contribution in [3.05, 3.63) is 12.5 Å². The average Bonchev–Trinajstić information content (AvgIpc) is 3.32. The van der Waals surface area contributed by atoms with Crippen molar-refractivity contribution in [1.29, 1.82) is 0 Å². The highest BCUT2D eigenvalue weighted by molar-refractivity contribution is 5.05. The van der Waals surface area contributed by atoms with Gasteiger partial charge in [-0.3, -0.25) is 0 Å². The number of nitrogens with one attached hydrogen (secondary N) is 1. The molecule has 3 atom stereocenters. The molecule has 0 radical (unpaired) electrons. The molecule has 1 spiro atoms. The van der Waals surface area contributed by atoms with Crippen molar-refractivity contribution in [2.24, 2.45) is 17.3 Å². The Morgan fingerprint density at radius 2 is 1.78 bits per heavy atom. The second-order valence-corrected chi connectivity index (χ2v) is 7.91. The second kappa shape index (κ2) is 8.99. The van der Waals surface area contributed by atoms with E-state index in [4.69, 9.17) is 4.74 Å². The monoisotopic (exact) mass is 321 g/mol. The third kappa shape index (κ3) is 4.90. The summed E-state index contributed by atoms with van der Waals surface area (Å²) in [5.74, 6) is 2.40. The highest BCUT2D eigenvalue weighted by Gasteiger charge is 2.55. The Bertz CT molecular complexity index is 361. The zero-order valence-electron chi connectivity index (χ0n) is 15.8. The van der Waals surface area contributed by atoms with Crippen LogP contribution in [0.5, 0.6) is 0 Å². The SMILES string of the molecule is C=C(NCCCCCCC)OC1CCC2(CC2)C(CC)C1CC. The van der Waals surface area contributed by atoms with E-state index in [1.807, 2.05) is 0 Å². The summed E-state index contributed by atoms with van der Waals surface area (Å²) in [7, 11) is 0. The smallest absolute Gasteiger partial charge is 0.179 e. The molecule has 2 nitrogen and oxygen atoms in total. The molecule has 0 aromatic heterocycles. The number of unbranched alkanes of at least 4 members (excludes halogenated alkanes) is 4. The van der Waals surface area contributed by atoms with Crippen LogP contribution in [0.2, 0.25) is 0 Å². The molecule has 2 saturated carbocycles. The van der Waals surface area contributed by atoms with Gasteiger partial charge in [0.15, 0.2) is 5.88 Å². The fourth-order valence-electron chi connectivity index (χ4n) is 4.93. The van der Waals surface area contributed by atoms with E-state index >= 15 is 0 Å². The number of ether oxygens (including phenoxy) is 1. The van der Waals surface area contributed by atoms with Crippen molar-refractivity contribution in [1.82, 2.24) is 5.32 Å². The van der Waals surface area contributed by atoms with Crippen LogP contribution in [0.4, 0.5) is 0 Å². The van der Waals surface area contributed by atoms with Crippen molar-refractivity contribution in [3.8, 4) is 0 Å². The zero-order valence-corrected chi connectivity index (χ0v) is 15.8. The van der Waals surface area contributed by atoms with Gasteiger partial charge in [0.2, 0.25) is 0 Å². The van der Waals surface area contributed by atoms with E-state index in [2.05, 4.69) is 32.7 Å². The molecule has 2 heteroatoms. The molecule has 23 heavy (non-hydrogen) atoms. The van der Waals surface area contributed by atoms with E-state index < -0.39 is 0 Å². The molecule has 2 fully saturated rings. The van der Waals surface area contributed by atoms with Crippen LogP contribution in [0.15, 0.2) is 12.5 Å². The quantitative estimate of drug-likeness (QED) is 0.370. The highest BCUT2D eigenvalue weighted by Crippen LogP contribution is 2.62. The minimum Gasteiger partial charge on any atom is -0.476 e. The molecule has 2 aliphatic carbocycles. The Balaban J connectivity index is 1.72. The maximum absolute atomic E-state index is 6.27. The summed E-state index contributed by atoms with van der Waals surface area (Å²) in [5.41, 5.74) is 0.698. The van der Waals surface area contributed by atoms with Gasteiger partial charge >= 0.3 is 0 Å². The summed E-state index contributed by atoms with van der Waals surface area (Å²) in [6.07, 6.45) is 15.0. The Morgan fingerprint density at radius 1 is 1.04 bits per heavy atom. The van der Waals surface area contributed by atoms with Crippen LogP contribution in [0.1, 0.15) is 91.4 Å². The van der Waals surface area contributed by atoms with Gasteiger partial charge in [-0.05, 0) is 62.4 Å². The first-order valence-electron chi connectivity index (χ1n) is 10.3. The first-order valence-corrected chi connectivity index (χ1v) is 10.3. The number of hydrogen-bond acceptors (Lipinski definition) is 2. The fraction of sp³-hybridized carbons (Fsp3) is 0.905. The predicted molar refractivity (Wildman–Crippen MR) is 99.2 cm³/mol. The van der Waals surface area contributed by atoms with E-state index in [1.54, 1.807) is 0 Å². The molecule has 2 aliphatic rings.